The maximum Gasteiger partial charge on any atom is 0.319 e. The minimum Gasteiger partial charge on any atom is -0.339 e. The summed E-state index contributed by atoms with van der Waals surface area (Å²) in [6.45, 7) is 6.39. The van der Waals surface area contributed by atoms with Crippen LogP contribution in [-0.4, -0.2) is 65.4 Å². The van der Waals surface area contributed by atoms with Gasteiger partial charge in [-0.25, -0.2) is 14.8 Å². The Morgan fingerprint density at radius 3 is 2.28 bits per heavy atom. The Morgan fingerprint density at radius 1 is 0.969 bits per heavy atom. The number of benzene rings is 1. The number of aromatic nitrogens is 2. The fraction of sp³-hybridized carbons (Fsp3) is 0.409. The first-order valence-corrected chi connectivity index (χ1v) is 10.7. The van der Waals surface area contributed by atoms with Gasteiger partial charge in [-0.3, -0.25) is 9.59 Å². The second-order valence-corrected chi connectivity index (χ2v) is 7.77. The molecule has 3 N–H and O–H groups in total. The summed E-state index contributed by atoms with van der Waals surface area (Å²) in [6.07, 6.45) is 3.63. The molecule has 10 heteroatoms. The Hall–Kier alpha value is -3.69. The number of piperazine rings is 1. The van der Waals surface area contributed by atoms with Crippen molar-refractivity contribution in [2.45, 2.75) is 20.3 Å². The van der Waals surface area contributed by atoms with E-state index < -0.39 is 6.03 Å². The number of nitrogens with one attached hydrogen (secondary N) is 3. The van der Waals surface area contributed by atoms with Gasteiger partial charge in [-0.15, -0.1) is 0 Å². The van der Waals surface area contributed by atoms with Crippen LogP contribution in [0.5, 0.6) is 0 Å². The molecule has 0 aliphatic carbocycles. The number of hydrogen-bond donors (Lipinski definition) is 3. The van der Waals surface area contributed by atoms with Crippen molar-refractivity contribution >= 4 is 35.2 Å². The van der Waals surface area contributed by atoms with Crippen LogP contribution in [0, 0.1) is 5.92 Å². The Bertz CT molecular complexity index is 928. The van der Waals surface area contributed by atoms with E-state index in [1.807, 2.05) is 18.7 Å². The lowest BCUT2D eigenvalue weighted by Crippen LogP contribution is -2.49. The van der Waals surface area contributed by atoms with Gasteiger partial charge in [0.25, 0.3) is 0 Å². The summed E-state index contributed by atoms with van der Waals surface area (Å²) in [5.74, 6) is 0.437. The third-order valence-electron chi connectivity index (χ3n) is 5.00. The summed E-state index contributed by atoms with van der Waals surface area (Å²) < 4.78 is 0. The molecule has 0 unspecified atom stereocenters. The molecule has 3 rings (SSSR count). The summed E-state index contributed by atoms with van der Waals surface area (Å²) in [6, 6.07) is 8.28. The first-order chi connectivity index (χ1) is 15.4. The highest BCUT2D eigenvalue weighted by Gasteiger charge is 2.22. The van der Waals surface area contributed by atoms with Gasteiger partial charge in [-0.05, 0) is 24.3 Å². The quantitative estimate of drug-likeness (QED) is 0.606. The highest BCUT2D eigenvalue weighted by molar-refractivity contribution is 5.94. The van der Waals surface area contributed by atoms with Crippen LogP contribution in [0.25, 0.3) is 0 Å². The molecule has 2 aromatic rings. The Morgan fingerprint density at radius 2 is 1.62 bits per heavy atom. The van der Waals surface area contributed by atoms with Crippen LogP contribution in [0.3, 0.4) is 0 Å². The lowest BCUT2D eigenvalue weighted by Gasteiger charge is -2.34. The first-order valence-electron chi connectivity index (χ1n) is 10.7. The summed E-state index contributed by atoms with van der Waals surface area (Å²) in [4.78, 5) is 48.7. The van der Waals surface area contributed by atoms with Crippen molar-refractivity contribution in [2.24, 2.45) is 5.92 Å². The van der Waals surface area contributed by atoms with Crippen molar-refractivity contribution in [2.75, 3.05) is 48.3 Å². The van der Waals surface area contributed by atoms with Gasteiger partial charge in [0.2, 0.25) is 17.8 Å². The molecule has 32 heavy (non-hydrogen) atoms. The minimum absolute atomic E-state index is 0.00248. The standard InChI is InChI=1S/C22H29N7O3/c1-16(2)20(31)26-17-5-3-6-18(15-17)27-22(32)25-10-7-19(30)28-11-13-29(14-12-28)21-23-8-4-9-24-21/h3-6,8-9,15-16H,7,10-14H2,1-2H3,(H,26,31)(H2,25,27,32). The summed E-state index contributed by atoms with van der Waals surface area (Å²) >= 11 is 0. The minimum atomic E-state index is -0.406. The van der Waals surface area contributed by atoms with E-state index in [4.69, 9.17) is 0 Å². The number of amides is 4. The van der Waals surface area contributed by atoms with Crippen LogP contribution >= 0.6 is 0 Å². The average molecular weight is 440 g/mol. The molecular formula is C22H29N7O3. The Kier molecular flexibility index (Phi) is 7.96. The number of urea groups is 1. The molecule has 1 aromatic carbocycles. The van der Waals surface area contributed by atoms with Crippen LogP contribution in [0.15, 0.2) is 42.7 Å². The topological polar surface area (TPSA) is 120 Å². The van der Waals surface area contributed by atoms with Crippen LogP contribution < -0.4 is 20.9 Å². The third kappa shape index (κ3) is 6.66. The highest BCUT2D eigenvalue weighted by Crippen LogP contribution is 2.16. The van der Waals surface area contributed by atoms with Crippen LogP contribution in [0.4, 0.5) is 22.1 Å². The SMILES string of the molecule is CC(C)C(=O)Nc1cccc(NC(=O)NCCC(=O)N2CCN(c3ncccn3)CC2)c1. The number of rotatable bonds is 7. The fourth-order valence-corrected chi connectivity index (χ4v) is 3.19. The Balaban J connectivity index is 1.38. The number of anilines is 3. The van der Waals surface area contributed by atoms with E-state index in [1.54, 1.807) is 47.6 Å². The van der Waals surface area contributed by atoms with Crippen LogP contribution in [-0.2, 0) is 9.59 Å². The zero-order chi connectivity index (χ0) is 22.9. The van der Waals surface area contributed by atoms with Crippen molar-refractivity contribution in [3.63, 3.8) is 0 Å². The predicted octanol–water partition coefficient (Wildman–Crippen LogP) is 1.93. The Labute approximate surface area is 187 Å². The molecule has 1 aromatic heterocycles. The van der Waals surface area contributed by atoms with E-state index in [1.165, 1.54) is 0 Å². The lowest BCUT2D eigenvalue weighted by molar-refractivity contribution is -0.131. The van der Waals surface area contributed by atoms with E-state index in [-0.39, 0.29) is 30.7 Å². The summed E-state index contributed by atoms with van der Waals surface area (Å²) in [5, 5.41) is 8.21. The molecule has 0 bridgehead atoms. The van der Waals surface area contributed by atoms with Crippen molar-refractivity contribution in [1.29, 1.82) is 0 Å². The van der Waals surface area contributed by atoms with Gasteiger partial charge in [-0.2, -0.15) is 0 Å². The fourth-order valence-electron chi connectivity index (χ4n) is 3.19. The first kappa shape index (κ1) is 23.0. The number of nitrogens with zero attached hydrogens (tertiary/aromatic N) is 4. The molecule has 0 radical (unpaired) electrons. The van der Waals surface area contributed by atoms with Gasteiger partial charge < -0.3 is 25.8 Å². The van der Waals surface area contributed by atoms with Gasteiger partial charge in [-0.1, -0.05) is 19.9 Å². The van der Waals surface area contributed by atoms with Crippen molar-refractivity contribution in [3.8, 4) is 0 Å². The largest absolute Gasteiger partial charge is 0.339 e. The van der Waals surface area contributed by atoms with Gasteiger partial charge in [0, 0.05) is 68.8 Å². The highest BCUT2D eigenvalue weighted by atomic mass is 16.2. The molecule has 1 fully saturated rings. The van der Waals surface area contributed by atoms with Crippen molar-refractivity contribution in [1.82, 2.24) is 20.2 Å². The maximum absolute atomic E-state index is 12.4. The number of carbonyl (C=O) groups is 3. The monoisotopic (exact) mass is 439 g/mol. The van der Waals surface area contributed by atoms with E-state index in [9.17, 15) is 14.4 Å². The lowest BCUT2D eigenvalue weighted by atomic mass is 10.2. The van der Waals surface area contributed by atoms with Crippen molar-refractivity contribution in [3.05, 3.63) is 42.7 Å². The molecule has 170 valence electrons. The number of hydrogen-bond acceptors (Lipinski definition) is 6. The predicted molar refractivity (Wildman–Crippen MR) is 122 cm³/mol. The molecular weight excluding hydrogens is 410 g/mol. The van der Waals surface area contributed by atoms with Crippen molar-refractivity contribution < 1.29 is 14.4 Å². The summed E-state index contributed by atoms with van der Waals surface area (Å²) in [5.41, 5.74) is 1.16. The molecule has 4 amide bonds. The molecule has 2 heterocycles. The summed E-state index contributed by atoms with van der Waals surface area (Å²) in [7, 11) is 0. The van der Waals surface area contributed by atoms with Crippen LogP contribution in [0.1, 0.15) is 20.3 Å². The van der Waals surface area contributed by atoms with Gasteiger partial charge >= 0.3 is 6.03 Å². The van der Waals surface area contributed by atoms with Gasteiger partial charge in [0.15, 0.2) is 0 Å². The molecule has 0 saturated carbocycles. The van der Waals surface area contributed by atoms with E-state index in [0.29, 0.717) is 43.5 Å². The zero-order valence-electron chi connectivity index (χ0n) is 18.4. The van der Waals surface area contributed by atoms with E-state index >= 15 is 0 Å². The molecule has 1 aliphatic rings. The van der Waals surface area contributed by atoms with Gasteiger partial charge in [0.05, 0.1) is 0 Å². The molecule has 10 nitrogen and oxygen atoms in total. The second kappa shape index (κ2) is 11.1. The van der Waals surface area contributed by atoms with E-state index in [2.05, 4.69) is 25.9 Å². The number of carbonyl (C=O) groups excluding carboxylic acids is 3. The molecule has 1 aliphatic heterocycles. The average Bonchev–Trinajstić information content (AvgIpc) is 2.80. The third-order valence-corrected chi connectivity index (χ3v) is 5.00. The maximum atomic E-state index is 12.4. The normalized spacial score (nSPS) is 13.6. The smallest absolute Gasteiger partial charge is 0.319 e. The van der Waals surface area contributed by atoms with Gasteiger partial charge in [0.1, 0.15) is 0 Å². The molecule has 0 atom stereocenters. The molecule has 0 spiro atoms. The van der Waals surface area contributed by atoms with Crippen LogP contribution in [0.2, 0.25) is 0 Å². The zero-order valence-corrected chi connectivity index (χ0v) is 18.4. The second-order valence-electron chi connectivity index (χ2n) is 7.77. The molecule has 1 saturated heterocycles. The van der Waals surface area contributed by atoms with E-state index in [0.717, 1.165) is 0 Å².